The first-order valence-electron chi connectivity index (χ1n) is 7.07. The zero-order valence-electron chi connectivity index (χ0n) is 12.8. The van der Waals surface area contributed by atoms with Crippen LogP contribution in [-0.2, 0) is 11.8 Å². The number of ether oxygens (including phenoxy) is 1. The molecule has 0 saturated carbocycles. The molecule has 0 aliphatic carbocycles. The first-order valence-corrected chi connectivity index (χ1v) is 7.45. The van der Waals surface area contributed by atoms with Crippen LogP contribution in [0.5, 0.6) is 0 Å². The Hall–Kier alpha value is -1.36. The molecule has 4 nitrogen and oxygen atoms in total. The maximum Gasteiger partial charge on any atom is 0.124 e. The van der Waals surface area contributed by atoms with Crippen LogP contribution in [0.2, 0.25) is 5.02 Å². The molecule has 0 spiro atoms. The van der Waals surface area contributed by atoms with Crippen molar-refractivity contribution in [2.45, 2.75) is 12.5 Å². The highest BCUT2D eigenvalue weighted by molar-refractivity contribution is 6.30. The third kappa shape index (κ3) is 4.56. The summed E-state index contributed by atoms with van der Waals surface area (Å²) in [6.45, 7) is 1.72. The van der Waals surface area contributed by atoms with E-state index in [2.05, 4.69) is 24.1 Å². The molecule has 2 rings (SSSR count). The molecule has 0 aliphatic rings. The summed E-state index contributed by atoms with van der Waals surface area (Å²) in [7, 11) is 6.07. The molecule has 1 unspecified atom stereocenters. The highest BCUT2D eigenvalue weighted by Crippen LogP contribution is 2.26. The van der Waals surface area contributed by atoms with E-state index in [1.807, 2.05) is 42.1 Å². The Kier molecular flexibility index (Phi) is 5.79. The zero-order chi connectivity index (χ0) is 15.2. The molecule has 114 valence electrons. The highest BCUT2D eigenvalue weighted by atomic mass is 35.5. The van der Waals surface area contributed by atoms with Crippen molar-refractivity contribution in [3.63, 3.8) is 0 Å². The molecule has 1 aromatic carbocycles. The van der Waals surface area contributed by atoms with E-state index in [-0.39, 0.29) is 6.10 Å². The van der Waals surface area contributed by atoms with Gasteiger partial charge < -0.3 is 9.64 Å². The quantitative estimate of drug-likeness (QED) is 0.736. The van der Waals surface area contributed by atoms with Crippen molar-refractivity contribution >= 4 is 11.6 Å². The molecule has 1 aromatic heterocycles. The smallest absolute Gasteiger partial charge is 0.124 e. The Balaban J connectivity index is 2.11. The number of hydrogen-bond acceptors (Lipinski definition) is 3. The molecule has 0 fully saturated rings. The van der Waals surface area contributed by atoms with Crippen LogP contribution < -0.4 is 0 Å². The van der Waals surface area contributed by atoms with Crippen LogP contribution in [0.1, 0.15) is 23.8 Å². The van der Waals surface area contributed by atoms with Gasteiger partial charge in [0.05, 0.1) is 5.69 Å². The average Bonchev–Trinajstić information content (AvgIpc) is 2.86. The normalized spacial score (nSPS) is 12.8. The fraction of sp³-hybridized carbons (Fsp3) is 0.438. The largest absolute Gasteiger partial charge is 0.367 e. The Morgan fingerprint density at radius 1 is 1.24 bits per heavy atom. The lowest BCUT2D eigenvalue weighted by molar-refractivity contribution is 0.0693. The van der Waals surface area contributed by atoms with Crippen LogP contribution in [-0.4, -0.2) is 41.9 Å². The first-order chi connectivity index (χ1) is 10.1. The molecule has 1 atom stereocenters. The molecule has 1 heterocycles. The van der Waals surface area contributed by atoms with Gasteiger partial charge in [-0.25, -0.2) is 0 Å². The predicted octanol–water partition coefficient (Wildman–Crippen LogP) is 3.13. The second-order valence-electron chi connectivity index (χ2n) is 5.34. The topological polar surface area (TPSA) is 30.3 Å². The Morgan fingerprint density at radius 2 is 1.95 bits per heavy atom. The summed E-state index contributed by atoms with van der Waals surface area (Å²) in [6, 6.07) is 9.79. The number of aromatic nitrogens is 2. The zero-order valence-corrected chi connectivity index (χ0v) is 13.5. The average molecular weight is 308 g/mol. The van der Waals surface area contributed by atoms with E-state index in [1.54, 1.807) is 6.20 Å². The number of rotatable bonds is 7. The molecule has 2 aromatic rings. The van der Waals surface area contributed by atoms with Crippen LogP contribution >= 0.6 is 11.6 Å². The van der Waals surface area contributed by atoms with E-state index >= 15 is 0 Å². The fourth-order valence-corrected chi connectivity index (χ4v) is 2.34. The number of halogens is 1. The second kappa shape index (κ2) is 7.59. The minimum absolute atomic E-state index is 0.114. The van der Waals surface area contributed by atoms with E-state index in [0.717, 1.165) is 29.2 Å². The van der Waals surface area contributed by atoms with Crippen molar-refractivity contribution in [1.82, 2.24) is 14.7 Å². The van der Waals surface area contributed by atoms with E-state index in [9.17, 15) is 0 Å². The van der Waals surface area contributed by atoms with Crippen molar-refractivity contribution in [1.29, 1.82) is 0 Å². The Morgan fingerprint density at radius 3 is 2.52 bits per heavy atom. The predicted molar refractivity (Wildman–Crippen MR) is 85.6 cm³/mol. The van der Waals surface area contributed by atoms with E-state index in [4.69, 9.17) is 16.3 Å². The summed E-state index contributed by atoms with van der Waals surface area (Å²) in [6.07, 6.45) is 2.67. The standard InChI is InChI=1S/C16H22ClN3O/c1-19(2)11-4-12-21-16(15-9-10-18-20(15)3)13-5-7-14(17)8-6-13/h5-10,16H,4,11-12H2,1-3H3. The van der Waals surface area contributed by atoms with Gasteiger partial charge in [0.25, 0.3) is 0 Å². The summed E-state index contributed by atoms with van der Waals surface area (Å²) in [5.41, 5.74) is 2.13. The van der Waals surface area contributed by atoms with Gasteiger partial charge in [-0.15, -0.1) is 0 Å². The molecule has 0 saturated heterocycles. The van der Waals surface area contributed by atoms with Crippen LogP contribution in [0, 0.1) is 0 Å². The highest BCUT2D eigenvalue weighted by Gasteiger charge is 2.18. The number of aryl methyl sites for hydroxylation is 1. The van der Waals surface area contributed by atoms with Crippen molar-refractivity contribution < 1.29 is 4.74 Å². The summed E-state index contributed by atoms with van der Waals surface area (Å²) in [5, 5.41) is 4.97. The van der Waals surface area contributed by atoms with E-state index in [1.165, 1.54) is 0 Å². The summed E-state index contributed by atoms with van der Waals surface area (Å²) >= 11 is 5.97. The van der Waals surface area contributed by atoms with Crippen LogP contribution in [0.4, 0.5) is 0 Å². The van der Waals surface area contributed by atoms with Gasteiger partial charge in [-0.05, 0) is 50.8 Å². The third-order valence-electron chi connectivity index (χ3n) is 3.33. The Bertz CT molecular complexity index is 551. The maximum atomic E-state index is 6.11. The van der Waals surface area contributed by atoms with Gasteiger partial charge in [-0.3, -0.25) is 4.68 Å². The molecule has 0 radical (unpaired) electrons. The van der Waals surface area contributed by atoms with Gasteiger partial charge >= 0.3 is 0 Å². The van der Waals surface area contributed by atoms with E-state index < -0.39 is 0 Å². The van der Waals surface area contributed by atoms with Crippen molar-refractivity contribution in [3.05, 3.63) is 52.8 Å². The van der Waals surface area contributed by atoms with Crippen molar-refractivity contribution in [2.75, 3.05) is 27.2 Å². The minimum atomic E-state index is -0.114. The lowest BCUT2D eigenvalue weighted by atomic mass is 10.1. The summed E-state index contributed by atoms with van der Waals surface area (Å²) < 4.78 is 7.97. The van der Waals surface area contributed by atoms with Crippen LogP contribution in [0.15, 0.2) is 36.5 Å². The van der Waals surface area contributed by atoms with Crippen molar-refractivity contribution in [2.24, 2.45) is 7.05 Å². The lowest BCUT2D eigenvalue weighted by Gasteiger charge is -2.19. The van der Waals surface area contributed by atoms with Crippen molar-refractivity contribution in [3.8, 4) is 0 Å². The maximum absolute atomic E-state index is 6.11. The van der Waals surface area contributed by atoms with Gasteiger partial charge in [-0.1, -0.05) is 23.7 Å². The molecule has 0 amide bonds. The number of hydrogen-bond donors (Lipinski definition) is 0. The minimum Gasteiger partial charge on any atom is -0.367 e. The molecule has 0 N–H and O–H groups in total. The molecule has 0 bridgehead atoms. The molecule has 21 heavy (non-hydrogen) atoms. The number of nitrogens with zero attached hydrogens (tertiary/aromatic N) is 3. The van der Waals surface area contributed by atoms with Gasteiger partial charge in [0, 0.05) is 24.9 Å². The van der Waals surface area contributed by atoms with E-state index in [0.29, 0.717) is 6.61 Å². The summed E-state index contributed by atoms with van der Waals surface area (Å²) in [4.78, 5) is 2.16. The van der Waals surface area contributed by atoms with Crippen LogP contribution in [0.3, 0.4) is 0 Å². The molecule has 5 heteroatoms. The molecular formula is C16H22ClN3O. The SMILES string of the molecule is CN(C)CCCOC(c1ccc(Cl)cc1)c1ccnn1C. The van der Waals surface area contributed by atoms with Gasteiger partial charge in [-0.2, -0.15) is 5.10 Å². The van der Waals surface area contributed by atoms with Gasteiger partial charge in [0.1, 0.15) is 6.10 Å². The monoisotopic (exact) mass is 307 g/mol. The number of benzene rings is 1. The molecule has 0 aliphatic heterocycles. The van der Waals surface area contributed by atoms with Gasteiger partial charge in [0.15, 0.2) is 0 Å². The van der Waals surface area contributed by atoms with Crippen LogP contribution in [0.25, 0.3) is 0 Å². The summed E-state index contributed by atoms with van der Waals surface area (Å²) in [5.74, 6) is 0. The first kappa shape index (κ1) is 16.0. The molecular weight excluding hydrogens is 286 g/mol. The Labute approximate surface area is 131 Å². The van der Waals surface area contributed by atoms with Gasteiger partial charge in [0.2, 0.25) is 0 Å². The second-order valence-corrected chi connectivity index (χ2v) is 5.78. The lowest BCUT2D eigenvalue weighted by Crippen LogP contribution is -2.17. The third-order valence-corrected chi connectivity index (χ3v) is 3.59. The fourth-order valence-electron chi connectivity index (χ4n) is 2.21.